The third-order valence-electron chi connectivity index (χ3n) is 1.61. The lowest BCUT2D eigenvalue weighted by atomic mass is 10.5. The maximum absolute atomic E-state index is 10.9. The summed E-state index contributed by atoms with van der Waals surface area (Å²) < 4.78 is 15.8. The van der Waals surface area contributed by atoms with Gasteiger partial charge in [-0.3, -0.25) is 0 Å². The average molecular weight is 193 g/mol. The minimum absolute atomic E-state index is 0.515. The SMILES string of the molecule is COC(=S)N1CC[S+]([O-])CC1. The van der Waals surface area contributed by atoms with E-state index in [4.69, 9.17) is 17.0 Å². The normalized spacial score (nSPS) is 20.0. The predicted octanol–water partition coefficient (Wildman–Crippen LogP) is -0.0180. The number of rotatable bonds is 0. The van der Waals surface area contributed by atoms with E-state index in [0.29, 0.717) is 16.7 Å². The van der Waals surface area contributed by atoms with E-state index in [1.165, 1.54) is 0 Å². The van der Waals surface area contributed by atoms with E-state index >= 15 is 0 Å². The Hall–Kier alpha value is -0.0000000000000000763. The summed E-state index contributed by atoms with van der Waals surface area (Å²) in [6, 6.07) is 0. The molecule has 1 aliphatic rings. The van der Waals surface area contributed by atoms with Crippen molar-refractivity contribution in [1.82, 2.24) is 4.90 Å². The van der Waals surface area contributed by atoms with Gasteiger partial charge in [0.1, 0.15) is 11.5 Å². The van der Waals surface area contributed by atoms with E-state index in [1.807, 2.05) is 4.90 Å². The third-order valence-corrected chi connectivity index (χ3v) is 3.31. The van der Waals surface area contributed by atoms with Crippen molar-refractivity contribution in [2.24, 2.45) is 0 Å². The van der Waals surface area contributed by atoms with Crippen molar-refractivity contribution in [3.05, 3.63) is 0 Å². The lowest BCUT2D eigenvalue weighted by Crippen LogP contribution is -2.43. The van der Waals surface area contributed by atoms with Gasteiger partial charge < -0.3 is 14.2 Å². The summed E-state index contributed by atoms with van der Waals surface area (Å²) in [5.74, 6) is 1.42. The number of ether oxygens (including phenoxy) is 1. The molecule has 1 heterocycles. The molecular formula is C6H11NO2S2. The molecule has 0 saturated carbocycles. The highest BCUT2D eigenvalue weighted by Crippen LogP contribution is 2.04. The largest absolute Gasteiger partial charge is 0.616 e. The molecule has 0 amide bonds. The maximum atomic E-state index is 10.9. The molecule has 1 aliphatic heterocycles. The number of hydrogen-bond acceptors (Lipinski definition) is 3. The van der Waals surface area contributed by atoms with Gasteiger partial charge in [-0.25, -0.2) is 0 Å². The molecule has 0 aromatic rings. The topological polar surface area (TPSA) is 35.5 Å². The highest BCUT2D eigenvalue weighted by molar-refractivity contribution is 7.91. The Morgan fingerprint density at radius 2 is 2.09 bits per heavy atom. The van der Waals surface area contributed by atoms with Crippen LogP contribution in [0.5, 0.6) is 0 Å². The van der Waals surface area contributed by atoms with E-state index in [2.05, 4.69) is 0 Å². The van der Waals surface area contributed by atoms with Gasteiger partial charge in [-0.1, -0.05) is 11.2 Å². The van der Waals surface area contributed by atoms with Gasteiger partial charge >= 0.3 is 0 Å². The lowest BCUT2D eigenvalue weighted by Gasteiger charge is -2.28. The molecule has 1 rings (SSSR count). The Kier molecular flexibility index (Phi) is 3.42. The number of thiocarbonyl (C=S) groups is 1. The Morgan fingerprint density at radius 1 is 1.55 bits per heavy atom. The van der Waals surface area contributed by atoms with E-state index in [1.54, 1.807) is 7.11 Å². The first kappa shape index (κ1) is 9.09. The fraction of sp³-hybridized carbons (Fsp3) is 0.833. The van der Waals surface area contributed by atoms with Gasteiger partial charge in [0.2, 0.25) is 0 Å². The second-order valence-corrected chi connectivity index (χ2v) is 4.35. The Morgan fingerprint density at radius 3 is 2.55 bits per heavy atom. The molecule has 0 bridgehead atoms. The van der Waals surface area contributed by atoms with E-state index < -0.39 is 11.2 Å². The summed E-state index contributed by atoms with van der Waals surface area (Å²) in [5, 5.41) is 0.515. The summed E-state index contributed by atoms with van der Waals surface area (Å²) in [5.41, 5.74) is 0. The minimum atomic E-state index is -0.636. The highest BCUT2D eigenvalue weighted by Gasteiger charge is 2.21. The molecule has 0 unspecified atom stereocenters. The van der Waals surface area contributed by atoms with Crippen LogP contribution in [0, 0.1) is 0 Å². The fourth-order valence-corrected chi connectivity index (χ4v) is 2.18. The summed E-state index contributed by atoms with van der Waals surface area (Å²) in [7, 11) is 1.56. The van der Waals surface area contributed by atoms with Crippen LogP contribution in [0.25, 0.3) is 0 Å². The van der Waals surface area contributed by atoms with Crippen LogP contribution in [0.15, 0.2) is 0 Å². The summed E-state index contributed by atoms with van der Waals surface area (Å²) in [6.07, 6.45) is 0. The van der Waals surface area contributed by atoms with Crippen molar-refractivity contribution in [2.75, 3.05) is 31.7 Å². The molecule has 0 aromatic carbocycles. The van der Waals surface area contributed by atoms with Crippen molar-refractivity contribution < 1.29 is 9.29 Å². The van der Waals surface area contributed by atoms with Crippen molar-refractivity contribution in [1.29, 1.82) is 0 Å². The number of nitrogens with zero attached hydrogens (tertiary/aromatic N) is 1. The Balaban J connectivity index is 2.33. The second-order valence-electron chi connectivity index (χ2n) is 2.31. The van der Waals surface area contributed by atoms with Crippen LogP contribution in [0.3, 0.4) is 0 Å². The van der Waals surface area contributed by atoms with Gasteiger partial charge in [0, 0.05) is 0 Å². The van der Waals surface area contributed by atoms with Crippen molar-refractivity contribution >= 4 is 28.6 Å². The van der Waals surface area contributed by atoms with Gasteiger partial charge in [0.05, 0.1) is 20.2 Å². The smallest absolute Gasteiger partial charge is 0.259 e. The van der Waals surface area contributed by atoms with Gasteiger partial charge in [-0.05, 0) is 12.2 Å². The first-order chi connectivity index (χ1) is 5.24. The average Bonchev–Trinajstić information content (AvgIpc) is 2.05. The molecule has 3 nitrogen and oxygen atoms in total. The summed E-state index contributed by atoms with van der Waals surface area (Å²) in [6.45, 7) is 1.53. The van der Waals surface area contributed by atoms with Crippen molar-refractivity contribution in [3.63, 3.8) is 0 Å². The molecule has 5 heteroatoms. The minimum Gasteiger partial charge on any atom is -0.616 e. The van der Waals surface area contributed by atoms with E-state index in [9.17, 15) is 4.55 Å². The molecular weight excluding hydrogens is 182 g/mol. The van der Waals surface area contributed by atoms with Crippen LogP contribution in [-0.2, 0) is 15.9 Å². The summed E-state index contributed by atoms with van der Waals surface area (Å²) >= 11 is 4.28. The van der Waals surface area contributed by atoms with Crippen LogP contribution < -0.4 is 0 Å². The third kappa shape index (κ3) is 2.50. The summed E-state index contributed by atoms with van der Waals surface area (Å²) in [4.78, 5) is 1.94. The monoisotopic (exact) mass is 193 g/mol. The first-order valence-electron chi connectivity index (χ1n) is 3.42. The van der Waals surface area contributed by atoms with Crippen LogP contribution in [-0.4, -0.2) is 46.3 Å². The van der Waals surface area contributed by atoms with Crippen LogP contribution in [0.2, 0.25) is 0 Å². The molecule has 11 heavy (non-hydrogen) atoms. The Labute approximate surface area is 74.9 Å². The van der Waals surface area contributed by atoms with Crippen LogP contribution >= 0.6 is 12.2 Å². The standard InChI is InChI=1S/C6H11NO2S2/c1-9-6(10)7-2-4-11(8)5-3-7/h2-5H2,1H3. The second kappa shape index (κ2) is 4.13. The van der Waals surface area contributed by atoms with E-state index in [-0.39, 0.29) is 0 Å². The number of hydrogen-bond donors (Lipinski definition) is 0. The molecule has 0 aliphatic carbocycles. The zero-order valence-electron chi connectivity index (χ0n) is 6.41. The van der Waals surface area contributed by atoms with Gasteiger partial charge in [-0.2, -0.15) is 0 Å². The zero-order valence-corrected chi connectivity index (χ0v) is 8.04. The van der Waals surface area contributed by atoms with Crippen LogP contribution in [0.1, 0.15) is 0 Å². The first-order valence-corrected chi connectivity index (χ1v) is 5.31. The van der Waals surface area contributed by atoms with Gasteiger partial charge in [-0.15, -0.1) is 0 Å². The molecule has 0 aromatic heterocycles. The molecule has 0 radical (unpaired) electrons. The Bertz CT molecular complexity index is 146. The molecule has 0 N–H and O–H groups in total. The van der Waals surface area contributed by atoms with Crippen molar-refractivity contribution in [3.8, 4) is 0 Å². The predicted molar refractivity (Wildman–Crippen MR) is 49.1 cm³/mol. The molecule has 0 atom stereocenters. The molecule has 1 fully saturated rings. The lowest BCUT2D eigenvalue weighted by molar-refractivity contribution is 0.305. The number of methoxy groups -OCH3 is 1. The molecule has 0 spiro atoms. The van der Waals surface area contributed by atoms with E-state index in [0.717, 1.165) is 13.1 Å². The highest BCUT2D eigenvalue weighted by atomic mass is 32.2. The van der Waals surface area contributed by atoms with Crippen molar-refractivity contribution in [2.45, 2.75) is 0 Å². The molecule has 1 saturated heterocycles. The quantitative estimate of drug-likeness (QED) is 0.400. The fourth-order valence-electron chi connectivity index (χ4n) is 0.950. The zero-order chi connectivity index (χ0) is 8.27. The van der Waals surface area contributed by atoms with Gasteiger partial charge in [0.25, 0.3) is 5.17 Å². The van der Waals surface area contributed by atoms with Gasteiger partial charge in [0.15, 0.2) is 0 Å². The molecule has 64 valence electrons. The van der Waals surface area contributed by atoms with Crippen LogP contribution in [0.4, 0.5) is 0 Å². The maximum Gasteiger partial charge on any atom is 0.259 e.